The first-order valence-corrected chi connectivity index (χ1v) is 8.53. The molecule has 0 saturated carbocycles. The Morgan fingerprint density at radius 1 is 1.50 bits per heavy atom. The molecule has 2 heterocycles. The van der Waals surface area contributed by atoms with Gasteiger partial charge in [0.05, 0.1) is 0 Å². The lowest BCUT2D eigenvalue weighted by molar-refractivity contribution is -0.162. The van der Waals surface area contributed by atoms with Crippen LogP contribution in [-0.4, -0.2) is 48.2 Å². The third-order valence-electron chi connectivity index (χ3n) is 3.43. The van der Waals surface area contributed by atoms with E-state index >= 15 is 0 Å². The highest BCUT2D eigenvalue weighted by Crippen LogP contribution is 2.59. The number of β-lactam (4-membered cyclic amide) rings is 1. The molecule has 0 spiro atoms. The fourth-order valence-corrected chi connectivity index (χ4v) is 5.08. The van der Waals surface area contributed by atoms with E-state index in [1.54, 1.807) is 6.92 Å². The van der Waals surface area contributed by atoms with Gasteiger partial charge in [0.1, 0.15) is 18.0 Å². The van der Waals surface area contributed by atoms with Crippen molar-refractivity contribution in [3.05, 3.63) is 0 Å². The number of hydrogen-bond acceptors (Lipinski definition) is 5. The van der Waals surface area contributed by atoms with Crippen molar-refractivity contribution in [3.8, 4) is 0 Å². The Kier molecular flexibility index (Phi) is 4.34. The minimum Gasteiger partial charge on any atom is -0.456 e. The van der Waals surface area contributed by atoms with E-state index in [1.165, 1.54) is 16.7 Å². The average Bonchev–Trinajstić information content (AvgIpc) is 2.65. The minimum absolute atomic E-state index is 0.145. The summed E-state index contributed by atoms with van der Waals surface area (Å²) in [7, 11) is 0. The molecule has 0 aromatic carbocycles. The van der Waals surface area contributed by atoms with E-state index in [-0.39, 0.29) is 23.7 Å². The molecule has 2 saturated heterocycles. The maximum absolute atomic E-state index is 12.2. The van der Waals surface area contributed by atoms with Crippen LogP contribution in [0.4, 0.5) is 0 Å². The molecule has 8 heteroatoms. The Labute approximate surface area is 140 Å². The lowest BCUT2D eigenvalue weighted by Crippen LogP contribution is -2.68. The van der Waals surface area contributed by atoms with Crippen LogP contribution in [0.15, 0.2) is 0 Å². The van der Waals surface area contributed by atoms with Crippen molar-refractivity contribution in [1.82, 2.24) is 4.90 Å². The van der Waals surface area contributed by atoms with Crippen molar-refractivity contribution in [3.63, 3.8) is 0 Å². The van der Waals surface area contributed by atoms with Gasteiger partial charge in [-0.15, -0.1) is 11.8 Å². The number of carbonyl (C=O) groups is 3. The number of carbonyl (C=O) groups excluding carboxylic acids is 3. The van der Waals surface area contributed by atoms with Crippen molar-refractivity contribution >= 4 is 63.6 Å². The molecule has 1 amide bonds. The number of hydrogen-bond donors (Lipinski definition) is 0. The summed E-state index contributed by atoms with van der Waals surface area (Å²) >= 11 is 9.56. The van der Waals surface area contributed by atoms with Crippen LogP contribution in [0.2, 0.25) is 0 Å². The van der Waals surface area contributed by atoms with Gasteiger partial charge in [-0.25, -0.2) is 4.79 Å². The van der Waals surface area contributed by atoms with E-state index in [0.29, 0.717) is 6.42 Å². The van der Waals surface area contributed by atoms with E-state index in [2.05, 4.69) is 0 Å². The Morgan fingerprint density at radius 3 is 2.65 bits per heavy atom. The van der Waals surface area contributed by atoms with Crippen molar-refractivity contribution in [2.75, 3.05) is 6.61 Å². The molecule has 0 N–H and O–H groups in total. The van der Waals surface area contributed by atoms with E-state index < -0.39 is 19.6 Å². The summed E-state index contributed by atoms with van der Waals surface area (Å²) in [6.07, 6.45) is 0.319. The Morgan fingerprint density at radius 2 is 2.10 bits per heavy atom. The summed E-state index contributed by atoms with van der Waals surface area (Å²) in [6, 6.07) is -0.698. The smallest absolute Gasteiger partial charge is 0.330 e. The maximum Gasteiger partial charge on any atom is 0.330 e. The highest BCUT2D eigenvalue weighted by Gasteiger charge is 2.70. The minimum atomic E-state index is -0.992. The quantitative estimate of drug-likeness (QED) is 0.295. The molecular weight excluding hydrogens is 417 g/mol. The molecule has 2 fully saturated rings. The van der Waals surface area contributed by atoms with Gasteiger partial charge in [-0.05, 0) is 36.4 Å². The molecule has 0 aromatic heterocycles. The molecule has 2 aliphatic rings. The first-order valence-electron chi connectivity index (χ1n) is 6.19. The van der Waals surface area contributed by atoms with Crippen LogP contribution in [0.5, 0.6) is 0 Å². The highest BCUT2D eigenvalue weighted by atomic mass is 127. The number of nitrogens with zero attached hydrogens (tertiary/aromatic N) is 1. The third kappa shape index (κ3) is 2.45. The van der Waals surface area contributed by atoms with Gasteiger partial charge < -0.3 is 9.64 Å². The van der Waals surface area contributed by atoms with Gasteiger partial charge >= 0.3 is 5.97 Å². The predicted molar refractivity (Wildman–Crippen MR) is 85.0 cm³/mol. The van der Waals surface area contributed by atoms with Crippen LogP contribution in [0.3, 0.4) is 0 Å². The van der Waals surface area contributed by atoms with E-state index in [1.807, 2.05) is 36.4 Å². The number of esters is 1. The monoisotopic (exact) mass is 431 g/mol. The Bertz CT molecular complexity index is 482. The maximum atomic E-state index is 12.2. The number of amides is 1. The number of ether oxygens (including phenoxy) is 1. The molecule has 2 rings (SSSR count). The molecule has 20 heavy (non-hydrogen) atoms. The van der Waals surface area contributed by atoms with Crippen molar-refractivity contribution in [2.24, 2.45) is 0 Å². The summed E-state index contributed by atoms with van der Waals surface area (Å²) in [5.74, 6) is -0.954. The van der Waals surface area contributed by atoms with Gasteiger partial charge in [0.15, 0.2) is 5.78 Å². The van der Waals surface area contributed by atoms with Gasteiger partial charge in [-0.1, -0.05) is 18.5 Å². The average molecular weight is 432 g/mol. The van der Waals surface area contributed by atoms with Gasteiger partial charge in [-0.3, -0.25) is 9.59 Å². The fourth-order valence-electron chi connectivity index (χ4n) is 2.29. The summed E-state index contributed by atoms with van der Waals surface area (Å²) in [5.41, 5.74) is 0. The molecule has 0 radical (unpaired) electrons. The normalized spacial score (nSPS) is 34.5. The summed E-state index contributed by atoms with van der Waals surface area (Å²) < 4.78 is 3.56. The van der Waals surface area contributed by atoms with Gasteiger partial charge in [0.2, 0.25) is 2.88 Å². The second-order valence-corrected chi connectivity index (χ2v) is 9.98. The summed E-state index contributed by atoms with van der Waals surface area (Å²) in [4.78, 5) is 37.0. The van der Waals surface area contributed by atoms with Gasteiger partial charge in [-0.2, -0.15) is 0 Å². The zero-order valence-corrected chi connectivity index (χ0v) is 15.0. The van der Waals surface area contributed by atoms with Crippen molar-refractivity contribution < 1.29 is 19.1 Å². The summed E-state index contributed by atoms with van der Waals surface area (Å²) in [6.45, 7) is 5.22. The number of rotatable bonds is 4. The Balaban J connectivity index is 2.13. The molecule has 0 aromatic rings. The topological polar surface area (TPSA) is 63.7 Å². The molecule has 0 bridgehead atoms. The number of Topliss-reactive ketones (excluding diaryl/α,β-unsaturated/α-hetero) is 1. The van der Waals surface area contributed by atoms with Crippen LogP contribution in [0.1, 0.15) is 27.2 Å². The van der Waals surface area contributed by atoms with Crippen LogP contribution < -0.4 is 0 Å². The number of ketones is 1. The second kappa shape index (κ2) is 5.31. The second-order valence-electron chi connectivity index (χ2n) is 5.31. The lowest BCUT2D eigenvalue weighted by Gasteiger charge is -2.46. The van der Waals surface area contributed by atoms with Crippen LogP contribution in [0, 0.1) is 0 Å². The SMILES string of the molecule is CCC(=O)COC(=O)[C@@H]1N2C(=O)C(Cl)(I)[C@H]2SC1(C)C. The van der Waals surface area contributed by atoms with Gasteiger partial charge in [0, 0.05) is 11.2 Å². The molecule has 3 atom stereocenters. The molecule has 1 unspecified atom stereocenters. The number of fused-ring (bicyclic) bond motifs is 1. The molecule has 2 aliphatic heterocycles. The molecule has 112 valence electrons. The Hall–Kier alpha value is -0.0200. The van der Waals surface area contributed by atoms with Crippen LogP contribution >= 0.6 is 46.0 Å². The van der Waals surface area contributed by atoms with Gasteiger partial charge in [0.25, 0.3) is 5.91 Å². The standard InChI is InChI=1S/C12H15ClINO4S/c1-4-6(16)5-19-8(17)7-11(2,3)20-10-12(13,14)9(18)15(7)10/h7,10H,4-5H2,1-3H3/t7-,10+,12?/m0/s1. The number of halogens is 2. The van der Waals surface area contributed by atoms with Crippen LogP contribution in [-0.2, 0) is 19.1 Å². The first-order chi connectivity index (χ1) is 9.13. The first kappa shape index (κ1) is 16.4. The summed E-state index contributed by atoms with van der Waals surface area (Å²) in [5, 5.41) is -0.244. The van der Waals surface area contributed by atoms with E-state index in [4.69, 9.17) is 16.3 Å². The number of thioether (sulfide) groups is 1. The molecular formula is C12H15ClINO4S. The van der Waals surface area contributed by atoms with E-state index in [9.17, 15) is 14.4 Å². The highest BCUT2D eigenvalue weighted by molar-refractivity contribution is 14.1. The number of alkyl halides is 2. The third-order valence-corrected chi connectivity index (χ3v) is 7.03. The predicted octanol–water partition coefficient (Wildman–Crippen LogP) is 1.94. The van der Waals surface area contributed by atoms with Crippen LogP contribution in [0.25, 0.3) is 0 Å². The largest absolute Gasteiger partial charge is 0.456 e. The zero-order valence-electron chi connectivity index (χ0n) is 11.3. The van der Waals surface area contributed by atoms with Crippen molar-refractivity contribution in [2.45, 2.75) is 46.2 Å². The molecule has 0 aliphatic carbocycles. The zero-order chi connectivity index (χ0) is 15.3. The van der Waals surface area contributed by atoms with Crippen molar-refractivity contribution in [1.29, 1.82) is 0 Å². The molecule has 5 nitrogen and oxygen atoms in total. The lowest BCUT2D eigenvalue weighted by atomic mass is 9.98. The van der Waals surface area contributed by atoms with E-state index in [0.717, 1.165) is 0 Å². The fraction of sp³-hybridized carbons (Fsp3) is 0.750.